The Morgan fingerprint density at radius 3 is 2.50 bits per heavy atom. The maximum absolute atomic E-state index is 13.0. The summed E-state index contributed by atoms with van der Waals surface area (Å²) in [5, 5.41) is 4.93. The van der Waals surface area contributed by atoms with Gasteiger partial charge in [0.05, 0.1) is 31.9 Å². The molecule has 3 rings (SSSR count). The number of ether oxygens (including phenoxy) is 2. The Labute approximate surface area is 175 Å². The molecule has 5 nitrogen and oxygen atoms in total. The summed E-state index contributed by atoms with van der Waals surface area (Å²) >= 11 is 1.36. The second-order valence-corrected chi connectivity index (χ2v) is 7.32. The Kier molecular flexibility index (Phi) is 6.31. The van der Waals surface area contributed by atoms with Crippen molar-refractivity contribution in [1.82, 2.24) is 4.98 Å². The number of methoxy groups -OCH3 is 2. The van der Waals surface area contributed by atoms with Crippen LogP contribution >= 0.6 is 11.3 Å². The average Bonchev–Trinajstić information content (AvgIpc) is 3.16. The van der Waals surface area contributed by atoms with Gasteiger partial charge in [0.15, 0.2) is 11.5 Å². The first-order valence-corrected chi connectivity index (χ1v) is 9.73. The van der Waals surface area contributed by atoms with Crippen LogP contribution in [0, 0.1) is 6.92 Å². The zero-order chi connectivity index (χ0) is 21.9. The van der Waals surface area contributed by atoms with Crippen LogP contribution in [0.25, 0.3) is 10.6 Å². The lowest BCUT2D eigenvalue weighted by molar-refractivity contribution is -0.138. The summed E-state index contributed by atoms with van der Waals surface area (Å²) in [6, 6.07) is 9.08. The van der Waals surface area contributed by atoms with Crippen molar-refractivity contribution >= 4 is 22.9 Å². The molecule has 1 heterocycles. The molecule has 0 saturated heterocycles. The largest absolute Gasteiger partial charge is 0.493 e. The molecule has 0 bridgehead atoms. The Morgan fingerprint density at radius 1 is 1.10 bits per heavy atom. The topological polar surface area (TPSA) is 60.5 Å². The zero-order valence-electron chi connectivity index (χ0n) is 16.5. The molecule has 158 valence electrons. The summed E-state index contributed by atoms with van der Waals surface area (Å²) < 4.78 is 49.6. The molecule has 1 aromatic heterocycles. The molecule has 1 amide bonds. The van der Waals surface area contributed by atoms with Crippen molar-refractivity contribution in [3.63, 3.8) is 0 Å². The molecule has 30 heavy (non-hydrogen) atoms. The van der Waals surface area contributed by atoms with E-state index in [1.165, 1.54) is 37.5 Å². The molecule has 0 atom stereocenters. The van der Waals surface area contributed by atoms with Crippen molar-refractivity contribution in [3.05, 3.63) is 58.6 Å². The minimum atomic E-state index is -4.48. The monoisotopic (exact) mass is 436 g/mol. The van der Waals surface area contributed by atoms with E-state index in [2.05, 4.69) is 10.3 Å². The van der Waals surface area contributed by atoms with E-state index in [4.69, 9.17) is 9.47 Å². The summed E-state index contributed by atoms with van der Waals surface area (Å²) in [7, 11) is 3.08. The van der Waals surface area contributed by atoms with Gasteiger partial charge in [-0.1, -0.05) is 6.07 Å². The van der Waals surface area contributed by atoms with Crippen LogP contribution in [-0.4, -0.2) is 25.1 Å². The van der Waals surface area contributed by atoms with Gasteiger partial charge in [0.25, 0.3) is 0 Å². The Bertz CT molecular complexity index is 1060. The predicted octanol–water partition coefficient (Wildman–Crippen LogP) is 5.34. The summed E-state index contributed by atoms with van der Waals surface area (Å²) in [6.45, 7) is 1.37. The summed E-state index contributed by atoms with van der Waals surface area (Å²) in [5.74, 6) is 0.703. The fourth-order valence-electron chi connectivity index (χ4n) is 2.86. The lowest BCUT2D eigenvalue weighted by atomic mass is 10.1. The van der Waals surface area contributed by atoms with Gasteiger partial charge in [-0.3, -0.25) is 4.79 Å². The first-order chi connectivity index (χ1) is 14.2. The normalized spacial score (nSPS) is 11.3. The average molecular weight is 436 g/mol. The molecule has 0 spiro atoms. The van der Waals surface area contributed by atoms with Gasteiger partial charge in [-0.2, -0.15) is 13.2 Å². The molecule has 2 aromatic carbocycles. The molecule has 9 heteroatoms. The maximum atomic E-state index is 13.0. The molecule has 0 saturated carbocycles. The minimum Gasteiger partial charge on any atom is -0.493 e. The van der Waals surface area contributed by atoms with Gasteiger partial charge in [-0.05, 0) is 42.8 Å². The van der Waals surface area contributed by atoms with Crippen LogP contribution in [-0.2, 0) is 17.4 Å². The molecular weight excluding hydrogens is 417 g/mol. The van der Waals surface area contributed by atoms with E-state index in [1.54, 1.807) is 24.6 Å². The molecule has 1 N–H and O–H groups in total. The standard InChI is InChI=1S/C21H19F3N2O3S/c1-12-4-6-14(9-16(12)21(22,23)24)25-19(27)10-15-11-30-20(26-15)13-5-7-17(28-2)18(8-13)29-3/h4-9,11H,10H2,1-3H3,(H,25,27). The third-order valence-corrected chi connectivity index (χ3v) is 5.29. The number of anilines is 1. The molecular formula is C21H19F3N2O3S. The highest BCUT2D eigenvalue weighted by atomic mass is 32.1. The van der Waals surface area contributed by atoms with Crippen LogP contribution in [0.5, 0.6) is 11.5 Å². The van der Waals surface area contributed by atoms with Gasteiger partial charge < -0.3 is 14.8 Å². The molecule has 3 aromatic rings. The van der Waals surface area contributed by atoms with E-state index in [9.17, 15) is 18.0 Å². The van der Waals surface area contributed by atoms with E-state index in [0.717, 1.165) is 11.6 Å². The fraction of sp³-hybridized carbons (Fsp3) is 0.238. The van der Waals surface area contributed by atoms with Crippen molar-refractivity contribution in [3.8, 4) is 22.1 Å². The molecule has 0 unspecified atom stereocenters. The van der Waals surface area contributed by atoms with Crippen LogP contribution in [0.4, 0.5) is 18.9 Å². The summed E-state index contributed by atoms with van der Waals surface area (Å²) in [5.41, 5.74) is 0.737. The van der Waals surface area contributed by atoms with E-state index in [-0.39, 0.29) is 17.7 Å². The third kappa shape index (κ3) is 4.91. The first-order valence-electron chi connectivity index (χ1n) is 8.85. The molecule has 0 radical (unpaired) electrons. The highest BCUT2D eigenvalue weighted by Gasteiger charge is 2.32. The van der Waals surface area contributed by atoms with Gasteiger partial charge in [-0.25, -0.2) is 4.98 Å². The van der Waals surface area contributed by atoms with Crippen LogP contribution < -0.4 is 14.8 Å². The number of carbonyl (C=O) groups excluding carboxylic acids is 1. The Balaban J connectivity index is 1.71. The number of hydrogen-bond donors (Lipinski definition) is 1. The Morgan fingerprint density at radius 2 is 1.83 bits per heavy atom. The fourth-order valence-corrected chi connectivity index (χ4v) is 3.68. The van der Waals surface area contributed by atoms with Gasteiger partial charge in [0.1, 0.15) is 5.01 Å². The summed E-state index contributed by atoms with van der Waals surface area (Å²) in [4.78, 5) is 16.7. The minimum absolute atomic E-state index is 0.0565. The van der Waals surface area contributed by atoms with Crippen molar-refractivity contribution < 1.29 is 27.4 Å². The highest BCUT2D eigenvalue weighted by Crippen LogP contribution is 2.34. The van der Waals surface area contributed by atoms with E-state index in [1.807, 2.05) is 6.07 Å². The van der Waals surface area contributed by atoms with Gasteiger partial charge in [0.2, 0.25) is 5.91 Å². The second-order valence-electron chi connectivity index (χ2n) is 6.47. The number of aryl methyl sites for hydroxylation is 1. The number of aromatic nitrogens is 1. The van der Waals surface area contributed by atoms with Crippen LogP contribution in [0.1, 0.15) is 16.8 Å². The number of nitrogens with zero attached hydrogens (tertiary/aromatic N) is 1. The SMILES string of the molecule is COc1ccc(-c2nc(CC(=O)Nc3ccc(C)c(C(F)(F)F)c3)cs2)cc1OC. The first kappa shape index (κ1) is 21.6. The smallest absolute Gasteiger partial charge is 0.416 e. The lowest BCUT2D eigenvalue weighted by Crippen LogP contribution is -2.16. The predicted molar refractivity (Wildman–Crippen MR) is 109 cm³/mol. The molecule has 0 aliphatic heterocycles. The number of thiazole rings is 1. The van der Waals surface area contributed by atoms with Crippen LogP contribution in [0.15, 0.2) is 41.8 Å². The van der Waals surface area contributed by atoms with E-state index < -0.39 is 17.6 Å². The quantitative estimate of drug-likeness (QED) is 0.567. The number of hydrogen-bond acceptors (Lipinski definition) is 5. The lowest BCUT2D eigenvalue weighted by Gasteiger charge is -2.12. The number of nitrogens with one attached hydrogen (secondary N) is 1. The number of alkyl halides is 3. The number of carbonyl (C=O) groups is 1. The van der Waals surface area contributed by atoms with E-state index >= 15 is 0 Å². The van der Waals surface area contributed by atoms with Crippen LogP contribution in [0.3, 0.4) is 0 Å². The number of halogens is 3. The molecule has 0 fully saturated rings. The number of benzene rings is 2. The van der Waals surface area contributed by atoms with Gasteiger partial charge >= 0.3 is 6.18 Å². The van der Waals surface area contributed by atoms with Crippen molar-refractivity contribution in [1.29, 1.82) is 0 Å². The number of amides is 1. The van der Waals surface area contributed by atoms with Gasteiger partial charge in [0, 0.05) is 16.6 Å². The van der Waals surface area contributed by atoms with Crippen molar-refractivity contribution in [2.45, 2.75) is 19.5 Å². The number of rotatable bonds is 6. The van der Waals surface area contributed by atoms with Gasteiger partial charge in [-0.15, -0.1) is 11.3 Å². The zero-order valence-corrected chi connectivity index (χ0v) is 17.3. The summed E-state index contributed by atoms with van der Waals surface area (Å²) in [6.07, 6.45) is -4.53. The van der Waals surface area contributed by atoms with Crippen molar-refractivity contribution in [2.24, 2.45) is 0 Å². The highest BCUT2D eigenvalue weighted by molar-refractivity contribution is 7.13. The molecule has 0 aliphatic rings. The van der Waals surface area contributed by atoms with E-state index in [0.29, 0.717) is 22.2 Å². The second kappa shape index (κ2) is 8.74. The van der Waals surface area contributed by atoms with Crippen molar-refractivity contribution in [2.75, 3.05) is 19.5 Å². The molecule has 0 aliphatic carbocycles. The van der Waals surface area contributed by atoms with Crippen LogP contribution in [0.2, 0.25) is 0 Å². The maximum Gasteiger partial charge on any atom is 0.416 e. The Hall–Kier alpha value is -3.07. The third-order valence-electron chi connectivity index (χ3n) is 4.35.